The number of amides is 2. The first-order chi connectivity index (χ1) is 8.71. The molecule has 6 heteroatoms. The van der Waals surface area contributed by atoms with Crippen molar-refractivity contribution in [1.82, 2.24) is 10.2 Å². The van der Waals surface area contributed by atoms with E-state index in [9.17, 15) is 9.59 Å². The molecule has 2 unspecified atom stereocenters. The highest BCUT2D eigenvalue weighted by Crippen LogP contribution is 2.17. The van der Waals surface area contributed by atoms with Crippen LogP contribution in [-0.4, -0.2) is 52.8 Å². The molecule has 0 saturated carbocycles. The molecular formula is C13H24N2O4. The number of hydrogen-bond donors (Lipinski definition) is 2. The summed E-state index contributed by atoms with van der Waals surface area (Å²) in [5.74, 6) is -1.02. The Morgan fingerprint density at radius 1 is 1.47 bits per heavy atom. The lowest BCUT2D eigenvalue weighted by Gasteiger charge is -2.35. The van der Waals surface area contributed by atoms with Gasteiger partial charge in [0, 0.05) is 12.1 Å². The summed E-state index contributed by atoms with van der Waals surface area (Å²) in [5.41, 5.74) is -0.543. The van der Waals surface area contributed by atoms with E-state index in [-0.39, 0.29) is 24.7 Å². The summed E-state index contributed by atoms with van der Waals surface area (Å²) in [6, 6.07) is -0.480. The summed E-state index contributed by atoms with van der Waals surface area (Å²) in [5, 5.41) is 11.7. The molecular weight excluding hydrogens is 248 g/mol. The largest absolute Gasteiger partial charge is 0.480 e. The Balaban J connectivity index is 2.63. The number of urea groups is 1. The summed E-state index contributed by atoms with van der Waals surface area (Å²) in [4.78, 5) is 24.4. The Hall–Kier alpha value is -1.30. The van der Waals surface area contributed by atoms with E-state index in [1.165, 1.54) is 4.90 Å². The van der Waals surface area contributed by atoms with Gasteiger partial charge in [-0.15, -0.1) is 0 Å². The van der Waals surface area contributed by atoms with Crippen LogP contribution in [0.1, 0.15) is 40.5 Å². The number of aliphatic carboxylic acids is 1. The molecule has 0 radical (unpaired) electrons. The zero-order valence-electron chi connectivity index (χ0n) is 12.1. The van der Waals surface area contributed by atoms with Gasteiger partial charge in [-0.25, -0.2) is 4.79 Å². The maximum absolute atomic E-state index is 12.2. The Labute approximate surface area is 114 Å². The number of carboxylic acid groups (broad SMARTS) is 1. The molecule has 1 aliphatic heterocycles. The lowest BCUT2D eigenvalue weighted by atomic mass is 10.1. The van der Waals surface area contributed by atoms with Gasteiger partial charge in [-0.3, -0.25) is 4.79 Å². The van der Waals surface area contributed by atoms with Crippen LogP contribution in [0.5, 0.6) is 0 Å². The average Bonchev–Trinajstić information content (AvgIpc) is 2.77. The first kappa shape index (κ1) is 15.8. The van der Waals surface area contributed by atoms with E-state index < -0.39 is 11.5 Å². The van der Waals surface area contributed by atoms with Crippen LogP contribution in [0.4, 0.5) is 4.79 Å². The Morgan fingerprint density at radius 3 is 2.53 bits per heavy atom. The second-order valence-corrected chi connectivity index (χ2v) is 5.94. The molecule has 0 bridgehead atoms. The van der Waals surface area contributed by atoms with Gasteiger partial charge in [0.2, 0.25) is 0 Å². The number of carbonyl (C=O) groups is 2. The third-order valence-electron chi connectivity index (χ3n) is 3.22. The van der Waals surface area contributed by atoms with E-state index in [4.69, 9.17) is 9.84 Å². The van der Waals surface area contributed by atoms with Crippen molar-refractivity contribution in [3.63, 3.8) is 0 Å². The zero-order valence-corrected chi connectivity index (χ0v) is 12.1. The van der Waals surface area contributed by atoms with Crippen LogP contribution in [0.15, 0.2) is 0 Å². The Morgan fingerprint density at radius 2 is 2.11 bits per heavy atom. The smallest absolute Gasteiger partial charge is 0.323 e. The van der Waals surface area contributed by atoms with Gasteiger partial charge in [0.1, 0.15) is 6.54 Å². The minimum Gasteiger partial charge on any atom is -0.480 e. The van der Waals surface area contributed by atoms with Crippen LogP contribution in [0.3, 0.4) is 0 Å². The number of hydrogen-bond acceptors (Lipinski definition) is 3. The van der Waals surface area contributed by atoms with Gasteiger partial charge < -0.3 is 20.1 Å². The van der Waals surface area contributed by atoms with Crippen molar-refractivity contribution in [3.8, 4) is 0 Å². The SMILES string of the molecule is CC(NC(=O)N(CC(=O)O)C(C)(C)C)C1CCCO1. The van der Waals surface area contributed by atoms with Crippen molar-refractivity contribution in [2.75, 3.05) is 13.2 Å². The van der Waals surface area contributed by atoms with E-state index in [1.807, 2.05) is 27.7 Å². The first-order valence-corrected chi connectivity index (χ1v) is 6.63. The number of carboxylic acids is 1. The molecule has 0 aliphatic carbocycles. The van der Waals surface area contributed by atoms with Crippen molar-refractivity contribution in [2.24, 2.45) is 0 Å². The molecule has 1 aliphatic rings. The lowest BCUT2D eigenvalue weighted by Crippen LogP contribution is -2.55. The highest BCUT2D eigenvalue weighted by Gasteiger charge is 2.31. The van der Waals surface area contributed by atoms with Crippen molar-refractivity contribution in [2.45, 2.75) is 58.2 Å². The van der Waals surface area contributed by atoms with E-state index >= 15 is 0 Å². The molecule has 0 spiro atoms. The molecule has 2 amide bonds. The fraction of sp³-hybridized carbons (Fsp3) is 0.846. The van der Waals surface area contributed by atoms with Gasteiger partial charge in [-0.05, 0) is 40.5 Å². The van der Waals surface area contributed by atoms with Crippen LogP contribution in [0, 0.1) is 0 Å². The molecule has 110 valence electrons. The summed E-state index contributed by atoms with van der Waals surface area (Å²) in [6.07, 6.45) is 1.95. The third-order valence-corrected chi connectivity index (χ3v) is 3.22. The first-order valence-electron chi connectivity index (χ1n) is 6.63. The van der Waals surface area contributed by atoms with Crippen molar-refractivity contribution in [1.29, 1.82) is 0 Å². The van der Waals surface area contributed by atoms with Gasteiger partial charge in [-0.2, -0.15) is 0 Å². The molecule has 1 saturated heterocycles. The van der Waals surface area contributed by atoms with Gasteiger partial charge in [0.15, 0.2) is 0 Å². The standard InChI is InChI=1S/C13H24N2O4/c1-9(10-6-5-7-19-10)14-12(18)15(8-11(16)17)13(2,3)4/h9-10H,5-8H2,1-4H3,(H,14,18)(H,16,17). The average molecular weight is 272 g/mol. The van der Waals surface area contributed by atoms with Crippen molar-refractivity contribution in [3.05, 3.63) is 0 Å². The number of nitrogens with zero attached hydrogens (tertiary/aromatic N) is 1. The summed E-state index contributed by atoms with van der Waals surface area (Å²) in [6.45, 7) is 7.73. The fourth-order valence-corrected chi connectivity index (χ4v) is 2.11. The monoisotopic (exact) mass is 272 g/mol. The predicted molar refractivity (Wildman–Crippen MR) is 71.1 cm³/mol. The van der Waals surface area contributed by atoms with E-state index in [2.05, 4.69) is 5.32 Å². The number of rotatable bonds is 4. The maximum Gasteiger partial charge on any atom is 0.323 e. The van der Waals surface area contributed by atoms with Crippen molar-refractivity contribution < 1.29 is 19.4 Å². The Bertz CT molecular complexity index is 332. The maximum atomic E-state index is 12.2. The number of nitrogens with one attached hydrogen (secondary N) is 1. The second kappa shape index (κ2) is 6.23. The zero-order chi connectivity index (χ0) is 14.6. The molecule has 1 fully saturated rings. The van der Waals surface area contributed by atoms with E-state index in [0.717, 1.165) is 19.4 Å². The van der Waals surface area contributed by atoms with Gasteiger partial charge in [-0.1, -0.05) is 0 Å². The quantitative estimate of drug-likeness (QED) is 0.812. The summed E-state index contributed by atoms with van der Waals surface area (Å²) in [7, 11) is 0. The lowest BCUT2D eigenvalue weighted by molar-refractivity contribution is -0.138. The predicted octanol–water partition coefficient (Wildman–Crippen LogP) is 1.45. The molecule has 19 heavy (non-hydrogen) atoms. The third kappa shape index (κ3) is 4.70. The topological polar surface area (TPSA) is 78.9 Å². The van der Waals surface area contributed by atoms with Gasteiger partial charge >= 0.3 is 12.0 Å². The minimum absolute atomic E-state index is 0.0237. The number of ether oxygens (including phenoxy) is 1. The van der Waals surface area contributed by atoms with Crippen LogP contribution in [-0.2, 0) is 9.53 Å². The molecule has 2 atom stereocenters. The minimum atomic E-state index is -1.02. The molecule has 6 nitrogen and oxygen atoms in total. The van der Waals surface area contributed by atoms with Gasteiger partial charge in [0.25, 0.3) is 0 Å². The molecule has 2 N–H and O–H groups in total. The Kier molecular flexibility index (Phi) is 5.17. The van der Waals surface area contributed by atoms with Crippen LogP contribution < -0.4 is 5.32 Å². The van der Waals surface area contributed by atoms with Crippen LogP contribution in [0.25, 0.3) is 0 Å². The molecule has 0 aromatic carbocycles. The normalized spacial score (nSPS) is 20.9. The van der Waals surface area contributed by atoms with Crippen molar-refractivity contribution >= 4 is 12.0 Å². The fourth-order valence-electron chi connectivity index (χ4n) is 2.11. The molecule has 1 heterocycles. The van der Waals surface area contributed by atoms with Gasteiger partial charge in [0.05, 0.1) is 12.1 Å². The van der Waals surface area contributed by atoms with Crippen LogP contribution in [0.2, 0.25) is 0 Å². The number of carbonyl (C=O) groups excluding carboxylic acids is 1. The highest BCUT2D eigenvalue weighted by atomic mass is 16.5. The van der Waals surface area contributed by atoms with Crippen LogP contribution >= 0.6 is 0 Å². The summed E-state index contributed by atoms with van der Waals surface area (Å²) >= 11 is 0. The highest BCUT2D eigenvalue weighted by molar-refractivity contribution is 5.81. The van der Waals surface area contributed by atoms with E-state index in [1.54, 1.807) is 0 Å². The molecule has 1 rings (SSSR count). The van der Waals surface area contributed by atoms with E-state index in [0.29, 0.717) is 0 Å². The molecule has 0 aromatic heterocycles. The second-order valence-electron chi connectivity index (χ2n) is 5.94. The molecule has 0 aromatic rings. The summed E-state index contributed by atoms with van der Waals surface area (Å²) < 4.78 is 5.51.